The number of nitrogens with zero attached hydrogens (tertiary/aromatic N) is 1. The second kappa shape index (κ2) is 12.0. The van der Waals surface area contributed by atoms with E-state index in [-0.39, 0.29) is 25.0 Å². The molecule has 0 unspecified atom stereocenters. The lowest BCUT2D eigenvalue weighted by Gasteiger charge is -2.29. The number of benzene rings is 2. The van der Waals surface area contributed by atoms with Gasteiger partial charge in [-0.25, -0.2) is 0 Å². The molecule has 0 spiro atoms. The zero-order valence-electron chi connectivity index (χ0n) is 17.6. The molecule has 1 atom stereocenters. The number of ether oxygens (including phenoxy) is 1. The number of hydrogen-bond acceptors (Lipinski definition) is 3. The lowest BCUT2D eigenvalue weighted by Crippen LogP contribution is -2.49. The molecule has 0 aliphatic rings. The van der Waals surface area contributed by atoms with Gasteiger partial charge in [0.15, 0.2) is 6.61 Å². The molecule has 162 valence electrons. The van der Waals surface area contributed by atoms with Crippen molar-refractivity contribution in [3.8, 4) is 5.75 Å². The molecule has 30 heavy (non-hydrogen) atoms. The predicted molar refractivity (Wildman–Crippen MR) is 124 cm³/mol. The highest BCUT2D eigenvalue weighted by atomic mass is 79.9. The molecule has 0 heterocycles. The van der Waals surface area contributed by atoms with Crippen LogP contribution in [0.2, 0.25) is 5.02 Å². The molecule has 0 saturated heterocycles. The molecule has 2 rings (SSSR count). The first-order valence-corrected chi connectivity index (χ1v) is 11.3. The first-order valence-electron chi connectivity index (χ1n) is 10.1. The fourth-order valence-corrected chi connectivity index (χ4v) is 3.63. The Morgan fingerprint density at radius 2 is 1.93 bits per heavy atom. The number of halogens is 2. The summed E-state index contributed by atoms with van der Waals surface area (Å²) in [4.78, 5) is 27.1. The molecule has 2 amide bonds. The maximum absolute atomic E-state index is 13.0. The van der Waals surface area contributed by atoms with Crippen molar-refractivity contribution in [2.45, 2.75) is 46.2 Å². The van der Waals surface area contributed by atoms with E-state index in [0.717, 1.165) is 22.9 Å². The molecule has 1 N–H and O–H groups in total. The van der Waals surface area contributed by atoms with Crippen molar-refractivity contribution in [1.82, 2.24) is 10.2 Å². The van der Waals surface area contributed by atoms with Gasteiger partial charge >= 0.3 is 0 Å². The van der Waals surface area contributed by atoms with Crippen LogP contribution in [-0.2, 0) is 22.6 Å². The van der Waals surface area contributed by atoms with Crippen molar-refractivity contribution in [2.24, 2.45) is 0 Å². The third kappa shape index (κ3) is 6.74. The molecular formula is C23H28BrClN2O3. The predicted octanol–water partition coefficient (Wildman–Crippen LogP) is 4.99. The molecule has 0 bridgehead atoms. The highest BCUT2D eigenvalue weighted by Gasteiger charge is 2.27. The third-order valence-corrected chi connectivity index (χ3v) is 5.76. The van der Waals surface area contributed by atoms with Crippen molar-refractivity contribution in [3.05, 3.63) is 63.1 Å². The van der Waals surface area contributed by atoms with Crippen molar-refractivity contribution in [1.29, 1.82) is 0 Å². The van der Waals surface area contributed by atoms with Crippen molar-refractivity contribution >= 4 is 39.3 Å². The van der Waals surface area contributed by atoms with E-state index in [1.54, 1.807) is 13.0 Å². The minimum atomic E-state index is -0.658. The van der Waals surface area contributed by atoms with E-state index in [0.29, 0.717) is 17.3 Å². The van der Waals surface area contributed by atoms with Gasteiger partial charge in [0.05, 0.1) is 4.47 Å². The molecule has 7 heteroatoms. The van der Waals surface area contributed by atoms with Crippen molar-refractivity contribution in [3.63, 3.8) is 0 Å². The van der Waals surface area contributed by atoms with Gasteiger partial charge in [0.1, 0.15) is 11.8 Å². The molecule has 5 nitrogen and oxygen atoms in total. The van der Waals surface area contributed by atoms with E-state index < -0.39 is 6.04 Å². The zero-order chi connectivity index (χ0) is 22.1. The number of carbonyl (C=O) groups is 2. The van der Waals surface area contributed by atoms with Crippen LogP contribution in [0.15, 0.2) is 46.9 Å². The monoisotopic (exact) mass is 494 g/mol. The first-order chi connectivity index (χ1) is 14.4. The quantitative estimate of drug-likeness (QED) is 0.505. The fraction of sp³-hybridized carbons (Fsp3) is 0.391. The smallest absolute Gasteiger partial charge is 0.261 e. The summed E-state index contributed by atoms with van der Waals surface area (Å²) in [6.45, 7) is 6.37. The maximum atomic E-state index is 13.0. The fourth-order valence-electron chi connectivity index (χ4n) is 2.89. The summed E-state index contributed by atoms with van der Waals surface area (Å²) in [7, 11) is 0. The van der Waals surface area contributed by atoms with Crippen LogP contribution in [0.3, 0.4) is 0 Å². The van der Waals surface area contributed by atoms with Gasteiger partial charge in [-0.3, -0.25) is 9.59 Å². The molecular weight excluding hydrogens is 468 g/mol. The second-order valence-electron chi connectivity index (χ2n) is 6.99. The minimum absolute atomic E-state index is 0.181. The summed E-state index contributed by atoms with van der Waals surface area (Å²) < 4.78 is 6.55. The number of nitrogens with one attached hydrogen (secondary N) is 1. The summed E-state index contributed by atoms with van der Waals surface area (Å²) in [5.41, 5.74) is 1.94. The molecule has 0 aliphatic heterocycles. The van der Waals surface area contributed by atoms with Crippen molar-refractivity contribution < 1.29 is 14.3 Å². The van der Waals surface area contributed by atoms with E-state index in [1.165, 1.54) is 10.5 Å². The summed E-state index contributed by atoms with van der Waals surface area (Å²) in [5.74, 6) is 0.0904. The largest absolute Gasteiger partial charge is 0.483 e. The Balaban J connectivity index is 2.16. The normalized spacial score (nSPS) is 11.6. The molecule has 0 saturated carbocycles. The summed E-state index contributed by atoms with van der Waals surface area (Å²) in [6.07, 6.45) is 1.73. The van der Waals surface area contributed by atoms with Crippen LogP contribution in [0.5, 0.6) is 5.75 Å². The lowest BCUT2D eigenvalue weighted by molar-refractivity contribution is -0.142. The Kier molecular flexibility index (Phi) is 9.66. The SMILES string of the molecule is CCCNC(=O)[C@@H](C)N(Cc1ccccc1Cl)C(=O)COc1ccc(CC)cc1Br. The standard InChI is InChI=1S/C23H28BrClN2O3/c1-4-12-26-23(29)16(3)27(14-18-8-6-7-9-20(18)25)22(28)15-30-21-11-10-17(5-2)13-19(21)24/h6-11,13,16H,4-5,12,14-15H2,1-3H3,(H,26,29)/t16-/m1/s1. The van der Waals surface area contributed by atoms with Gasteiger partial charge < -0.3 is 15.0 Å². The Morgan fingerprint density at radius 3 is 2.57 bits per heavy atom. The number of carbonyl (C=O) groups excluding carboxylic acids is 2. The maximum Gasteiger partial charge on any atom is 0.261 e. The van der Waals surface area contributed by atoms with Crippen LogP contribution in [0.25, 0.3) is 0 Å². The van der Waals surface area contributed by atoms with Crippen LogP contribution >= 0.6 is 27.5 Å². The summed E-state index contributed by atoms with van der Waals surface area (Å²) in [5, 5.41) is 3.40. The lowest BCUT2D eigenvalue weighted by atomic mass is 10.1. The molecule has 0 fully saturated rings. The average molecular weight is 496 g/mol. The topological polar surface area (TPSA) is 58.6 Å². The van der Waals surface area contributed by atoms with E-state index in [9.17, 15) is 9.59 Å². The molecule has 2 aromatic carbocycles. The Labute approximate surface area is 191 Å². The molecule has 0 radical (unpaired) electrons. The Hall–Kier alpha value is -2.05. The average Bonchev–Trinajstić information content (AvgIpc) is 2.75. The van der Waals surface area contributed by atoms with Crippen LogP contribution in [0, 0.1) is 0 Å². The van der Waals surface area contributed by atoms with Crippen LogP contribution in [0.1, 0.15) is 38.3 Å². The van der Waals surface area contributed by atoms with Gasteiger partial charge in [-0.2, -0.15) is 0 Å². The van der Waals surface area contributed by atoms with Gasteiger partial charge in [-0.15, -0.1) is 0 Å². The van der Waals surface area contributed by atoms with Gasteiger partial charge in [0.2, 0.25) is 5.91 Å². The Bertz CT molecular complexity index is 875. The molecule has 0 aromatic heterocycles. The van der Waals surface area contributed by atoms with Crippen molar-refractivity contribution in [2.75, 3.05) is 13.2 Å². The number of hydrogen-bond donors (Lipinski definition) is 1. The third-order valence-electron chi connectivity index (χ3n) is 4.77. The highest BCUT2D eigenvalue weighted by molar-refractivity contribution is 9.10. The summed E-state index contributed by atoms with van der Waals surface area (Å²) in [6, 6.07) is 12.4. The zero-order valence-corrected chi connectivity index (χ0v) is 19.9. The second-order valence-corrected chi connectivity index (χ2v) is 8.25. The molecule has 0 aliphatic carbocycles. The number of aryl methyl sites for hydroxylation is 1. The van der Waals surface area contributed by atoms with E-state index in [2.05, 4.69) is 28.2 Å². The summed E-state index contributed by atoms with van der Waals surface area (Å²) >= 11 is 9.77. The van der Waals surface area contributed by atoms with Crippen LogP contribution in [-0.4, -0.2) is 35.9 Å². The minimum Gasteiger partial charge on any atom is -0.483 e. The Morgan fingerprint density at radius 1 is 1.20 bits per heavy atom. The van der Waals surface area contributed by atoms with E-state index in [1.807, 2.05) is 43.3 Å². The van der Waals surface area contributed by atoms with Crippen LogP contribution < -0.4 is 10.1 Å². The van der Waals surface area contributed by atoms with Gasteiger partial charge in [-0.1, -0.05) is 49.7 Å². The number of rotatable bonds is 10. The van der Waals surface area contributed by atoms with Crippen LogP contribution in [0.4, 0.5) is 0 Å². The van der Waals surface area contributed by atoms with E-state index in [4.69, 9.17) is 16.3 Å². The van der Waals surface area contributed by atoms with Gasteiger partial charge in [0.25, 0.3) is 5.91 Å². The van der Waals surface area contributed by atoms with Gasteiger partial charge in [-0.05, 0) is 65.0 Å². The van der Waals surface area contributed by atoms with Gasteiger partial charge in [0, 0.05) is 18.1 Å². The molecule has 2 aromatic rings. The first kappa shape index (κ1) is 24.2. The highest BCUT2D eigenvalue weighted by Crippen LogP contribution is 2.26. The van der Waals surface area contributed by atoms with E-state index >= 15 is 0 Å². The number of amides is 2.